The first-order chi connectivity index (χ1) is 15.0. The summed E-state index contributed by atoms with van der Waals surface area (Å²) in [5.74, 6) is 1.58. The second-order valence-corrected chi connectivity index (χ2v) is 9.02. The molecule has 0 bridgehead atoms. The maximum Gasteiger partial charge on any atom is 0.272 e. The van der Waals surface area contributed by atoms with Crippen LogP contribution in [-0.2, 0) is 4.79 Å². The monoisotopic (exact) mass is 422 g/mol. The summed E-state index contributed by atoms with van der Waals surface area (Å²) in [6, 6.07) is 8.49. The van der Waals surface area contributed by atoms with Gasteiger partial charge in [0.2, 0.25) is 5.95 Å². The molecule has 31 heavy (non-hydrogen) atoms. The van der Waals surface area contributed by atoms with Gasteiger partial charge in [-0.1, -0.05) is 12.8 Å². The number of hydrogen-bond donors (Lipinski definition) is 2. The molecule has 0 radical (unpaired) electrons. The fourth-order valence-corrected chi connectivity index (χ4v) is 4.68. The van der Waals surface area contributed by atoms with Crippen LogP contribution in [0, 0.1) is 0 Å². The third-order valence-electron chi connectivity index (χ3n) is 6.36. The predicted molar refractivity (Wildman–Crippen MR) is 121 cm³/mol. The van der Waals surface area contributed by atoms with Crippen LogP contribution in [0.1, 0.15) is 39.5 Å². The molecule has 0 atom stereocenters. The summed E-state index contributed by atoms with van der Waals surface area (Å²) in [6.45, 7) is 7.68. The molecular weight excluding hydrogens is 392 g/mol. The topological polar surface area (TPSA) is 82.6 Å². The summed E-state index contributed by atoms with van der Waals surface area (Å²) in [5.41, 5.74) is 1.22. The Balaban J connectivity index is 1.38. The molecule has 2 N–H and O–H groups in total. The number of rotatable bonds is 4. The molecule has 2 aliphatic heterocycles. The Kier molecular flexibility index (Phi) is 5.17. The summed E-state index contributed by atoms with van der Waals surface area (Å²) in [7, 11) is 0. The van der Waals surface area contributed by atoms with Crippen LogP contribution >= 0.6 is 0 Å². The van der Waals surface area contributed by atoms with Crippen LogP contribution in [0.15, 0.2) is 30.5 Å². The van der Waals surface area contributed by atoms with Crippen molar-refractivity contribution < 1.29 is 9.53 Å². The van der Waals surface area contributed by atoms with Crippen LogP contribution in [-0.4, -0.2) is 53.7 Å². The van der Waals surface area contributed by atoms with Gasteiger partial charge in [0.15, 0.2) is 17.2 Å². The molecule has 1 aromatic heterocycles. The fourth-order valence-electron chi connectivity index (χ4n) is 4.68. The van der Waals surface area contributed by atoms with E-state index in [9.17, 15) is 4.79 Å². The molecule has 0 unspecified atom stereocenters. The van der Waals surface area contributed by atoms with Gasteiger partial charge in [-0.05, 0) is 51.0 Å². The van der Waals surface area contributed by atoms with Gasteiger partial charge in [-0.25, -0.2) is 4.98 Å². The number of amides is 1. The highest BCUT2D eigenvalue weighted by Crippen LogP contribution is 2.40. The molecule has 1 saturated carbocycles. The predicted octanol–water partition coefficient (Wildman–Crippen LogP) is 3.08. The summed E-state index contributed by atoms with van der Waals surface area (Å²) in [5, 5.41) is 6.66. The molecule has 8 nitrogen and oxygen atoms in total. The third kappa shape index (κ3) is 3.92. The normalized spacial score (nSPS) is 21.0. The Morgan fingerprint density at radius 3 is 2.55 bits per heavy atom. The van der Waals surface area contributed by atoms with E-state index in [0.29, 0.717) is 17.5 Å². The first kappa shape index (κ1) is 20.1. The Labute approximate surface area is 183 Å². The zero-order valence-electron chi connectivity index (χ0n) is 18.2. The number of ether oxygens (including phenoxy) is 1. The van der Waals surface area contributed by atoms with Crippen molar-refractivity contribution in [1.29, 1.82) is 0 Å². The lowest BCUT2D eigenvalue weighted by atomic mass is 10.0. The second kappa shape index (κ2) is 8.00. The molecule has 0 spiro atoms. The fraction of sp³-hybridized carbons (Fsp3) is 0.522. The average molecular weight is 423 g/mol. The van der Waals surface area contributed by atoms with Crippen molar-refractivity contribution in [3.05, 3.63) is 30.5 Å². The first-order valence-corrected chi connectivity index (χ1v) is 11.2. The number of aromatic nitrogens is 2. The average Bonchev–Trinajstić information content (AvgIpc) is 3.30. The first-order valence-electron chi connectivity index (χ1n) is 11.2. The zero-order chi connectivity index (χ0) is 21.4. The van der Waals surface area contributed by atoms with Gasteiger partial charge in [0.05, 0.1) is 6.20 Å². The van der Waals surface area contributed by atoms with Gasteiger partial charge in [-0.3, -0.25) is 9.69 Å². The van der Waals surface area contributed by atoms with E-state index in [1.807, 2.05) is 30.9 Å². The Morgan fingerprint density at radius 1 is 1.13 bits per heavy atom. The van der Waals surface area contributed by atoms with Crippen molar-refractivity contribution in [2.45, 2.75) is 51.2 Å². The minimum Gasteiger partial charge on any atom is -0.472 e. The Morgan fingerprint density at radius 2 is 1.84 bits per heavy atom. The van der Waals surface area contributed by atoms with Gasteiger partial charge in [0.25, 0.3) is 5.91 Å². The molecule has 1 aromatic carbocycles. The van der Waals surface area contributed by atoms with Crippen LogP contribution in [0.5, 0.6) is 5.75 Å². The van der Waals surface area contributed by atoms with Crippen LogP contribution in [0.25, 0.3) is 0 Å². The highest BCUT2D eigenvalue weighted by atomic mass is 16.5. The maximum atomic E-state index is 13.2. The van der Waals surface area contributed by atoms with Gasteiger partial charge in [-0.2, -0.15) is 4.98 Å². The van der Waals surface area contributed by atoms with Crippen LogP contribution in [0.3, 0.4) is 0 Å². The van der Waals surface area contributed by atoms with E-state index in [4.69, 9.17) is 9.72 Å². The molecule has 3 heterocycles. The second-order valence-electron chi connectivity index (χ2n) is 9.02. The van der Waals surface area contributed by atoms with E-state index in [1.165, 1.54) is 5.69 Å². The van der Waals surface area contributed by atoms with Crippen molar-refractivity contribution in [3.63, 3.8) is 0 Å². The molecule has 8 heteroatoms. The Bertz CT molecular complexity index is 949. The van der Waals surface area contributed by atoms with Gasteiger partial charge in [0.1, 0.15) is 0 Å². The number of benzene rings is 1. The minimum atomic E-state index is -0.909. The quantitative estimate of drug-likeness (QED) is 0.783. The standard InChI is InChI=1S/C23H30N6O2/c1-23(2)21(30)29(18-5-3-4-6-18)20-19(31-23)15-25-22(27-20)26-16-7-9-17(10-8-16)28-13-11-24-12-14-28/h7-10,15,18,24H,3-6,11-14H2,1-2H3,(H,25,26,27). The number of nitrogens with zero attached hydrogens (tertiary/aromatic N) is 4. The maximum absolute atomic E-state index is 13.2. The summed E-state index contributed by atoms with van der Waals surface area (Å²) >= 11 is 0. The summed E-state index contributed by atoms with van der Waals surface area (Å²) < 4.78 is 5.95. The van der Waals surface area contributed by atoms with Crippen LogP contribution in [0.2, 0.25) is 0 Å². The number of fused-ring (bicyclic) bond motifs is 1. The molecule has 2 fully saturated rings. The van der Waals surface area contributed by atoms with E-state index in [1.54, 1.807) is 6.20 Å². The molecule has 164 valence electrons. The van der Waals surface area contributed by atoms with E-state index < -0.39 is 5.60 Å². The van der Waals surface area contributed by atoms with Crippen molar-refractivity contribution >= 4 is 29.0 Å². The SMILES string of the molecule is CC1(C)Oc2cnc(Nc3ccc(N4CCNCC4)cc3)nc2N(C2CCCC2)C1=O. The summed E-state index contributed by atoms with van der Waals surface area (Å²) in [6.07, 6.45) is 5.96. The van der Waals surface area contributed by atoms with Crippen LogP contribution < -0.4 is 25.2 Å². The van der Waals surface area contributed by atoms with Crippen molar-refractivity contribution in [2.75, 3.05) is 41.3 Å². The number of piperazine rings is 1. The number of nitrogens with one attached hydrogen (secondary N) is 2. The van der Waals surface area contributed by atoms with Gasteiger partial charge >= 0.3 is 0 Å². The minimum absolute atomic E-state index is 0.0306. The van der Waals surface area contributed by atoms with Crippen molar-refractivity contribution in [1.82, 2.24) is 15.3 Å². The lowest BCUT2D eigenvalue weighted by Crippen LogP contribution is -2.55. The molecule has 1 amide bonds. The van der Waals surface area contributed by atoms with Crippen LogP contribution in [0.4, 0.5) is 23.1 Å². The van der Waals surface area contributed by atoms with E-state index in [0.717, 1.165) is 57.5 Å². The Hall–Kier alpha value is -2.87. The smallest absolute Gasteiger partial charge is 0.272 e. The summed E-state index contributed by atoms with van der Waals surface area (Å²) in [4.78, 5) is 26.5. The van der Waals surface area contributed by atoms with E-state index in [2.05, 4.69) is 32.7 Å². The molecule has 5 rings (SSSR count). The highest BCUT2D eigenvalue weighted by molar-refractivity contribution is 6.02. The molecule has 3 aliphatic rings. The van der Waals surface area contributed by atoms with Gasteiger partial charge < -0.3 is 20.3 Å². The zero-order valence-corrected chi connectivity index (χ0v) is 18.2. The molecule has 1 saturated heterocycles. The molecular formula is C23H30N6O2. The lowest BCUT2D eigenvalue weighted by molar-refractivity contribution is -0.133. The van der Waals surface area contributed by atoms with E-state index >= 15 is 0 Å². The number of anilines is 4. The highest BCUT2D eigenvalue weighted by Gasteiger charge is 2.45. The van der Waals surface area contributed by atoms with Gasteiger partial charge in [-0.15, -0.1) is 0 Å². The number of carbonyl (C=O) groups is 1. The van der Waals surface area contributed by atoms with Crippen molar-refractivity contribution in [2.24, 2.45) is 0 Å². The van der Waals surface area contributed by atoms with E-state index in [-0.39, 0.29) is 11.9 Å². The molecule has 1 aliphatic carbocycles. The third-order valence-corrected chi connectivity index (χ3v) is 6.36. The lowest BCUT2D eigenvalue weighted by Gasteiger charge is -2.40. The largest absolute Gasteiger partial charge is 0.472 e. The number of hydrogen-bond acceptors (Lipinski definition) is 7. The molecule has 2 aromatic rings. The number of carbonyl (C=O) groups excluding carboxylic acids is 1. The van der Waals surface area contributed by atoms with Gasteiger partial charge in [0, 0.05) is 43.6 Å². The van der Waals surface area contributed by atoms with Crippen molar-refractivity contribution in [3.8, 4) is 5.75 Å².